The molecule has 1 aromatic heterocycles. The first-order valence-corrected chi connectivity index (χ1v) is 7.86. The zero-order valence-electron chi connectivity index (χ0n) is 12.9. The van der Waals surface area contributed by atoms with Crippen molar-refractivity contribution in [2.75, 3.05) is 26.2 Å². The maximum atomic E-state index is 13.2. The predicted octanol–water partition coefficient (Wildman–Crippen LogP) is 2.17. The van der Waals surface area contributed by atoms with Crippen molar-refractivity contribution in [2.45, 2.75) is 6.54 Å². The summed E-state index contributed by atoms with van der Waals surface area (Å²) in [7, 11) is 1.71. The van der Waals surface area contributed by atoms with E-state index in [4.69, 9.17) is 11.6 Å². The van der Waals surface area contributed by atoms with Crippen LogP contribution in [-0.4, -0.2) is 51.7 Å². The average molecular weight is 337 g/mol. The number of hydrogen-bond donors (Lipinski definition) is 0. The number of piperazine rings is 1. The molecule has 0 atom stereocenters. The molecule has 23 heavy (non-hydrogen) atoms. The second-order valence-corrected chi connectivity index (χ2v) is 6.07. The molecular formula is C16H18ClFN4O. The standard InChI is InChI=1S/C16H18ClFN4O/c1-20-15(14(17)10-19-20)16(23)22-7-5-21(6-8-22)11-12-3-2-4-13(18)9-12/h2-4,9-10H,5-8,11H2,1H3. The Bertz CT molecular complexity index is 690. The zero-order chi connectivity index (χ0) is 16.4. The van der Waals surface area contributed by atoms with Crippen molar-refractivity contribution in [3.63, 3.8) is 0 Å². The summed E-state index contributed by atoms with van der Waals surface area (Å²) in [6.07, 6.45) is 1.48. The Kier molecular flexibility index (Phi) is 4.63. The number of carbonyl (C=O) groups is 1. The molecule has 5 nitrogen and oxygen atoms in total. The third-order valence-electron chi connectivity index (χ3n) is 4.05. The molecule has 0 saturated carbocycles. The Morgan fingerprint density at radius 2 is 2.04 bits per heavy atom. The lowest BCUT2D eigenvalue weighted by molar-refractivity contribution is 0.0618. The Labute approximate surface area is 139 Å². The molecule has 1 aromatic carbocycles. The van der Waals surface area contributed by atoms with Gasteiger partial charge in [-0.25, -0.2) is 4.39 Å². The van der Waals surface area contributed by atoms with Gasteiger partial charge in [-0.15, -0.1) is 0 Å². The van der Waals surface area contributed by atoms with Crippen LogP contribution in [0.3, 0.4) is 0 Å². The van der Waals surface area contributed by atoms with Crippen molar-refractivity contribution in [2.24, 2.45) is 7.05 Å². The van der Waals surface area contributed by atoms with E-state index in [0.717, 1.165) is 18.7 Å². The van der Waals surface area contributed by atoms with Crippen molar-refractivity contribution in [1.29, 1.82) is 0 Å². The van der Waals surface area contributed by atoms with Crippen LogP contribution in [0.25, 0.3) is 0 Å². The third kappa shape index (κ3) is 3.54. The van der Waals surface area contributed by atoms with Crippen molar-refractivity contribution in [1.82, 2.24) is 19.6 Å². The minimum Gasteiger partial charge on any atom is -0.335 e. The van der Waals surface area contributed by atoms with Gasteiger partial charge in [-0.2, -0.15) is 5.10 Å². The molecule has 1 amide bonds. The molecule has 0 N–H and O–H groups in total. The van der Waals surface area contributed by atoms with Crippen molar-refractivity contribution >= 4 is 17.5 Å². The van der Waals surface area contributed by atoms with E-state index in [1.807, 2.05) is 6.07 Å². The van der Waals surface area contributed by atoms with Gasteiger partial charge in [0, 0.05) is 39.8 Å². The topological polar surface area (TPSA) is 41.4 Å². The molecule has 3 rings (SSSR count). The quantitative estimate of drug-likeness (QED) is 0.862. The van der Waals surface area contributed by atoms with Gasteiger partial charge < -0.3 is 4.90 Å². The van der Waals surface area contributed by atoms with Gasteiger partial charge in [-0.05, 0) is 17.7 Å². The summed E-state index contributed by atoms with van der Waals surface area (Å²) in [6.45, 7) is 3.42. The van der Waals surface area contributed by atoms with E-state index < -0.39 is 0 Å². The first-order valence-electron chi connectivity index (χ1n) is 7.48. The first kappa shape index (κ1) is 16.0. The fourth-order valence-electron chi connectivity index (χ4n) is 2.80. The molecule has 2 heterocycles. The summed E-state index contributed by atoms with van der Waals surface area (Å²) in [5, 5.41) is 4.38. The molecule has 0 aliphatic carbocycles. The van der Waals surface area contributed by atoms with Crippen molar-refractivity contribution in [3.8, 4) is 0 Å². The van der Waals surface area contributed by atoms with Crippen LogP contribution >= 0.6 is 11.6 Å². The van der Waals surface area contributed by atoms with Gasteiger partial charge in [0.25, 0.3) is 5.91 Å². The second-order valence-electron chi connectivity index (χ2n) is 5.66. The molecule has 7 heteroatoms. The van der Waals surface area contributed by atoms with Gasteiger partial charge in [0.1, 0.15) is 11.5 Å². The molecule has 2 aromatic rings. The van der Waals surface area contributed by atoms with Gasteiger partial charge in [0.2, 0.25) is 0 Å². The van der Waals surface area contributed by atoms with Crippen LogP contribution in [0.4, 0.5) is 4.39 Å². The molecule has 0 unspecified atom stereocenters. The van der Waals surface area contributed by atoms with Gasteiger partial charge in [-0.3, -0.25) is 14.4 Å². The maximum Gasteiger partial charge on any atom is 0.273 e. The number of benzene rings is 1. The van der Waals surface area contributed by atoms with Crippen LogP contribution in [0.2, 0.25) is 5.02 Å². The second kappa shape index (κ2) is 6.68. The first-order chi connectivity index (χ1) is 11.0. The number of hydrogen-bond acceptors (Lipinski definition) is 3. The molecule has 1 aliphatic rings. The summed E-state index contributed by atoms with van der Waals surface area (Å²) >= 11 is 6.03. The Morgan fingerprint density at radius 1 is 1.30 bits per heavy atom. The minimum atomic E-state index is -0.220. The molecule has 1 aliphatic heterocycles. The summed E-state index contributed by atoms with van der Waals surface area (Å²) < 4.78 is 14.7. The van der Waals surface area contributed by atoms with E-state index in [0.29, 0.717) is 30.4 Å². The monoisotopic (exact) mass is 336 g/mol. The van der Waals surface area contributed by atoms with Gasteiger partial charge in [0.05, 0.1) is 11.2 Å². The molecular weight excluding hydrogens is 319 g/mol. The predicted molar refractivity (Wildman–Crippen MR) is 85.8 cm³/mol. The maximum absolute atomic E-state index is 13.2. The number of carbonyl (C=O) groups excluding carboxylic acids is 1. The van der Waals surface area contributed by atoms with Gasteiger partial charge in [0.15, 0.2) is 0 Å². The van der Waals surface area contributed by atoms with Crippen molar-refractivity contribution in [3.05, 3.63) is 52.6 Å². The largest absolute Gasteiger partial charge is 0.335 e. The van der Waals surface area contributed by atoms with Gasteiger partial charge in [-0.1, -0.05) is 23.7 Å². The summed E-state index contributed by atoms with van der Waals surface area (Å²) in [4.78, 5) is 16.5. The van der Waals surface area contributed by atoms with Crippen LogP contribution in [0.1, 0.15) is 16.1 Å². The van der Waals surface area contributed by atoms with Crippen LogP contribution < -0.4 is 0 Å². The van der Waals surface area contributed by atoms with Gasteiger partial charge >= 0.3 is 0 Å². The molecule has 1 saturated heterocycles. The van der Waals surface area contributed by atoms with E-state index in [2.05, 4.69) is 10.00 Å². The number of rotatable bonds is 3. The number of aryl methyl sites for hydroxylation is 1. The highest BCUT2D eigenvalue weighted by molar-refractivity contribution is 6.33. The van der Waals surface area contributed by atoms with E-state index in [1.54, 1.807) is 24.1 Å². The third-order valence-corrected chi connectivity index (χ3v) is 4.33. The van der Waals surface area contributed by atoms with E-state index >= 15 is 0 Å². The normalized spacial score (nSPS) is 15.9. The highest BCUT2D eigenvalue weighted by Gasteiger charge is 2.25. The number of amides is 1. The highest BCUT2D eigenvalue weighted by atomic mass is 35.5. The van der Waals surface area contributed by atoms with E-state index in [9.17, 15) is 9.18 Å². The SMILES string of the molecule is Cn1ncc(Cl)c1C(=O)N1CCN(Cc2cccc(F)c2)CC1. The Morgan fingerprint density at radius 3 is 2.65 bits per heavy atom. The lowest BCUT2D eigenvalue weighted by Gasteiger charge is -2.34. The Hall–Kier alpha value is -1.92. The Balaban J connectivity index is 1.59. The lowest BCUT2D eigenvalue weighted by atomic mass is 10.2. The molecule has 1 fully saturated rings. The van der Waals surface area contributed by atoms with E-state index in [1.165, 1.54) is 16.9 Å². The molecule has 0 spiro atoms. The lowest BCUT2D eigenvalue weighted by Crippen LogP contribution is -2.48. The van der Waals surface area contributed by atoms with Crippen LogP contribution in [0, 0.1) is 5.82 Å². The van der Waals surface area contributed by atoms with E-state index in [-0.39, 0.29) is 11.7 Å². The number of nitrogens with zero attached hydrogens (tertiary/aromatic N) is 4. The zero-order valence-corrected chi connectivity index (χ0v) is 13.6. The number of halogens is 2. The molecule has 122 valence electrons. The fraction of sp³-hybridized carbons (Fsp3) is 0.375. The smallest absolute Gasteiger partial charge is 0.273 e. The summed E-state index contributed by atoms with van der Waals surface area (Å²) in [5.74, 6) is -0.317. The molecule has 0 bridgehead atoms. The summed E-state index contributed by atoms with van der Waals surface area (Å²) in [5.41, 5.74) is 1.37. The molecule has 0 radical (unpaired) electrons. The van der Waals surface area contributed by atoms with Crippen molar-refractivity contribution < 1.29 is 9.18 Å². The van der Waals surface area contributed by atoms with Crippen LogP contribution in [0.15, 0.2) is 30.5 Å². The fourth-order valence-corrected chi connectivity index (χ4v) is 3.05. The van der Waals surface area contributed by atoms with Crippen LogP contribution in [-0.2, 0) is 13.6 Å². The average Bonchev–Trinajstić information content (AvgIpc) is 2.86. The minimum absolute atomic E-state index is 0.0968. The van der Waals surface area contributed by atoms with Crippen LogP contribution in [0.5, 0.6) is 0 Å². The number of aromatic nitrogens is 2. The highest BCUT2D eigenvalue weighted by Crippen LogP contribution is 2.18. The summed E-state index contributed by atoms with van der Waals surface area (Å²) in [6, 6.07) is 6.62.